The molecule has 1 saturated heterocycles. The average Bonchev–Trinajstić information content (AvgIpc) is 2.92. The minimum atomic E-state index is 0.329. The molecule has 0 spiro atoms. The summed E-state index contributed by atoms with van der Waals surface area (Å²) in [6.07, 6.45) is 1.84. The SMILES string of the molecule is Oc1cccc(N2CCN(Cc3cnns3)CC2)c1. The van der Waals surface area contributed by atoms with Crippen LogP contribution in [0, 0.1) is 0 Å². The summed E-state index contributed by atoms with van der Waals surface area (Å²) >= 11 is 1.47. The van der Waals surface area contributed by atoms with E-state index in [4.69, 9.17) is 0 Å². The molecule has 3 rings (SSSR count). The monoisotopic (exact) mass is 276 g/mol. The van der Waals surface area contributed by atoms with Crippen LogP contribution < -0.4 is 4.90 Å². The van der Waals surface area contributed by atoms with E-state index in [9.17, 15) is 5.11 Å². The molecule has 1 aliphatic heterocycles. The van der Waals surface area contributed by atoms with E-state index in [1.54, 1.807) is 6.07 Å². The molecule has 1 aromatic carbocycles. The van der Waals surface area contributed by atoms with Crippen molar-refractivity contribution >= 4 is 17.2 Å². The molecule has 1 aliphatic rings. The topological polar surface area (TPSA) is 52.5 Å². The van der Waals surface area contributed by atoms with E-state index in [1.165, 1.54) is 16.4 Å². The van der Waals surface area contributed by atoms with Gasteiger partial charge in [-0.2, -0.15) is 0 Å². The fourth-order valence-electron chi connectivity index (χ4n) is 2.33. The molecule has 0 atom stereocenters. The maximum atomic E-state index is 9.52. The first kappa shape index (κ1) is 12.4. The van der Waals surface area contributed by atoms with Gasteiger partial charge in [-0.3, -0.25) is 4.90 Å². The van der Waals surface area contributed by atoms with E-state index in [2.05, 4.69) is 19.4 Å². The Morgan fingerprint density at radius 2 is 2.05 bits per heavy atom. The molecule has 1 fully saturated rings. The Morgan fingerprint density at radius 3 is 2.74 bits per heavy atom. The number of anilines is 1. The van der Waals surface area contributed by atoms with Crippen LogP contribution in [-0.2, 0) is 6.54 Å². The highest BCUT2D eigenvalue weighted by atomic mass is 32.1. The molecule has 0 amide bonds. The van der Waals surface area contributed by atoms with Crippen LogP contribution in [-0.4, -0.2) is 45.8 Å². The number of hydrogen-bond acceptors (Lipinski definition) is 6. The maximum Gasteiger partial charge on any atom is 0.117 e. The van der Waals surface area contributed by atoms with Crippen LogP contribution >= 0.6 is 11.5 Å². The summed E-state index contributed by atoms with van der Waals surface area (Å²) in [4.78, 5) is 5.93. The van der Waals surface area contributed by atoms with Gasteiger partial charge in [0, 0.05) is 44.5 Å². The van der Waals surface area contributed by atoms with E-state index in [1.807, 2.05) is 24.4 Å². The number of benzene rings is 1. The standard InChI is InChI=1S/C13H16N4OS/c18-12-3-1-2-11(8-12)17-6-4-16(5-7-17)10-13-9-14-15-19-13/h1-3,8-9,18H,4-7,10H2. The van der Waals surface area contributed by atoms with Gasteiger partial charge in [0.25, 0.3) is 0 Å². The molecule has 0 radical (unpaired) electrons. The Morgan fingerprint density at radius 1 is 1.21 bits per heavy atom. The Labute approximate surface area is 116 Å². The maximum absolute atomic E-state index is 9.52. The van der Waals surface area contributed by atoms with Crippen LogP contribution in [0.2, 0.25) is 0 Å². The van der Waals surface area contributed by atoms with E-state index < -0.39 is 0 Å². The molecular weight excluding hydrogens is 260 g/mol. The molecule has 6 heteroatoms. The first-order valence-corrected chi connectivity index (χ1v) is 7.11. The first-order valence-electron chi connectivity index (χ1n) is 6.34. The van der Waals surface area contributed by atoms with E-state index in [-0.39, 0.29) is 0 Å². The first-order chi connectivity index (χ1) is 9.31. The fourth-order valence-corrected chi connectivity index (χ4v) is 2.87. The van der Waals surface area contributed by atoms with Crippen LogP contribution in [0.5, 0.6) is 5.75 Å². The number of aromatic nitrogens is 2. The number of aromatic hydroxyl groups is 1. The van der Waals surface area contributed by atoms with E-state index in [0.29, 0.717) is 5.75 Å². The molecule has 1 aromatic heterocycles. The molecule has 100 valence electrons. The lowest BCUT2D eigenvalue weighted by atomic mass is 10.2. The van der Waals surface area contributed by atoms with E-state index >= 15 is 0 Å². The number of phenols is 1. The van der Waals surface area contributed by atoms with Gasteiger partial charge in [-0.25, -0.2) is 0 Å². The minimum Gasteiger partial charge on any atom is -0.508 e. The quantitative estimate of drug-likeness (QED) is 0.922. The van der Waals surface area contributed by atoms with Crippen molar-refractivity contribution in [3.63, 3.8) is 0 Å². The highest BCUT2D eigenvalue weighted by molar-refractivity contribution is 7.05. The van der Waals surface area contributed by atoms with Gasteiger partial charge in [0.15, 0.2) is 0 Å². The van der Waals surface area contributed by atoms with Gasteiger partial charge in [-0.1, -0.05) is 10.6 Å². The zero-order valence-corrected chi connectivity index (χ0v) is 11.4. The second kappa shape index (κ2) is 5.54. The molecule has 0 bridgehead atoms. The molecule has 0 saturated carbocycles. The van der Waals surface area contributed by atoms with Crippen molar-refractivity contribution in [3.05, 3.63) is 35.3 Å². The third-order valence-corrected chi connectivity index (χ3v) is 4.00. The smallest absolute Gasteiger partial charge is 0.117 e. The number of phenolic OH excluding ortho intramolecular Hbond substituents is 1. The molecule has 0 aliphatic carbocycles. The summed E-state index contributed by atoms with van der Waals surface area (Å²) in [6, 6.07) is 7.46. The van der Waals surface area contributed by atoms with Gasteiger partial charge in [0.1, 0.15) is 5.75 Å². The molecule has 19 heavy (non-hydrogen) atoms. The average molecular weight is 276 g/mol. The van der Waals surface area contributed by atoms with Crippen molar-refractivity contribution < 1.29 is 5.11 Å². The summed E-state index contributed by atoms with van der Waals surface area (Å²) in [5, 5.41) is 13.4. The predicted octanol–water partition coefficient (Wildman–Crippen LogP) is 1.57. The van der Waals surface area contributed by atoms with Gasteiger partial charge in [0.2, 0.25) is 0 Å². The summed E-state index contributed by atoms with van der Waals surface area (Å²) in [7, 11) is 0. The lowest BCUT2D eigenvalue weighted by molar-refractivity contribution is 0.252. The molecular formula is C13H16N4OS. The van der Waals surface area contributed by atoms with Gasteiger partial charge in [-0.05, 0) is 23.7 Å². The third kappa shape index (κ3) is 3.02. The largest absolute Gasteiger partial charge is 0.508 e. The van der Waals surface area contributed by atoms with Crippen LogP contribution in [0.4, 0.5) is 5.69 Å². The number of nitrogens with zero attached hydrogens (tertiary/aromatic N) is 4. The number of piperazine rings is 1. The van der Waals surface area contributed by atoms with Crippen LogP contribution in [0.25, 0.3) is 0 Å². The second-order valence-corrected chi connectivity index (χ2v) is 5.54. The lowest BCUT2D eigenvalue weighted by Crippen LogP contribution is -2.45. The summed E-state index contributed by atoms with van der Waals surface area (Å²) < 4.78 is 3.89. The Bertz CT molecular complexity index is 523. The Kier molecular flexibility index (Phi) is 3.61. The van der Waals surface area contributed by atoms with Gasteiger partial charge in [0.05, 0.1) is 11.1 Å². The van der Waals surface area contributed by atoms with E-state index in [0.717, 1.165) is 38.4 Å². The molecule has 2 aromatic rings. The predicted molar refractivity (Wildman–Crippen MR) is 75.5 cm³/mol. The van der Waals surface area contributed by atoms with Crippen molar-refractivity contribution in [1.29, 1.82) is 0 Å². The summed E-state index contributed by atoms with van der Waals surface area (Å²) in [5.41, 5.74) is 1.10. The van der Waals surface area contributed by atoms with Crippen molar-refractivity contribution in [2.75, 3.05) is 31.1 Å². The van der Waals surface area contributed by atoms with Crippen molar-refractivity contribution in [3.8, 4) is 5.75 Å². The Hall–Kier alpha value is -1.66. The molecule has 0 unspecified atom stereocenters. The minimum absolute atomic E-state index is 0.329. The van der Waals surface area contributed by atoms with Crippen LogP contribution in [0.1, 0.15) is 4.88 Å². The number of rotatable bonds is 3. The van der Waals surface area contributed by atoms with Gasteiger partial charge < -0.3 is 10.0 Å². The highest BCUT2D eigenvalue weighted by Crippen LogP contribution is 2.21. The van der Waals surface area contributed by atoms with Gasteiger partial charge >= 0.3 is 0 Å². The van der Waals surface area contributed by atoms with Gasteiger partial charge in [-0.15, -0.1) is 5.10 Å². The van der Waals surface area contributed by atoms with Crippen LogP contribution in [0.3, 0.4) is 0 Å². The third-order valence-electron chi connectivity index (χ3n) is 3.35. The molecule has 1 N–H and O–H groups in total. The van der Waals surface area contributed by atoms with Crippen molar-refractivity contribution in [2.24, 2.45) is 0 Å². The van der Waals surface area contributed by atoms with Crippen molar-refractivity contribution in [1.82, 2.24) is 14.5 Å². The summed E-state index contributed by atoms with van der Waals surface area (Å²) in [5.74, 6) is 0.329. The molecule has 2 heterocycles. The zero-order chi connectivity index (χ0) is 13.1. The number of hydrogen-bond donors (Lipinski definition) is 1. The molecule has 5 nitrogen and oxygen atoms in total. The van der Waals surface area contributed by atoms with Crippen molar-refractivity contribution in [2.45, 2.75) is 6.54 Å². The summed E-state index contributed by atoms with van der Waals surface area (Å²) in [6.45, 7) is 4.94. The Balaban J connectivity index is 1.57. The second-order valence-electron chi connectivity index (χ2n) is 4.67. The van der Waals surface area contributed by atoms with Crippen LogP contribution in [0.15, 0.2) is 30.5 Å². The normalized spacial score (nSPS) is 16.7. The zero-order valence-electron chi connectivity index (χ0n) is 10.6. The highest BCUT2D eigenvalue weighted by Gasteiger charge is 2.18. The lowest BCUT2D eigenvalue weighted by Gasteiger charge is -2.35. The fraction of sp³-hybridized carbons (Fsp3) is 0.385.